The van der Waals surface area contributed by atoms with Crippen LogP contribution in [0.3, 0.4) is 0 Å². The molecule has 184 valence electrons. The molecule has 33 heavy (non-hydrogen) atoms. The lowest BCUT2D eigenvalue weighted by molar-refractivity contribution is -0.150. The highest BCUT2D eigenvalue weighted by atomic mass is 31.2. The maximum atomic E-state index is 12.9. The third kappa shape index (κ3) is 8.92. The molecule has 0 amide bonds. The van der Waals surface area contributed by atoms with E-state index in [1.54, 1.807) is 27.7 Å². The molecule has 2 rings (SSSR count). The molecule has 2 aromatic heterocycles. The van der Waals surface area contributed by atoms with E-state index >= 15 is 0 Å². The lowest BCUT2D eigenvalue weighted by Gasteiger charge is -2.19. The normalized spacial score (nSPS) is 11.8. The summed E-state index contributed by atoms with van der Waals surface area (Å²) in [5, 5.41) is 0. The highest BCUT2D eigenvalue weighted by Gasteiger charge is 2.29. The van der Waals surface area contributed by atoms with Gasteiger partial charge in [-0.15, -0.1) is 0 Å². The molecule has 0 saturated carbocycles. The first-order chi connectivity index (χ1) is 15.6. The van der Waals surface area contributed by atoms with Crippen LogP contribution in [0.4, 0.5) is 5.82 Å². The molecular weight excluding hydrogens is 461 g/mol. The third-order valence-corrected chi connectivity index (χ3v) is 5.08. The van der Waals surface area contributed by atoms with Crippen molar-refractivity contribution in [2.45, 2.75) is 39.9 Å². The van der Waals surface area contributed by atoms with E-state index in [4.69, 9.17) is 33.8 Å². The van der Waals surface area contributed by atoms with Crippen molar-refractivity contribution in [2.24, 2.45) is 0 Å². The number of esters is 2. The Hall–Kier alpha value is -2.80. The number of nitrogen functional groups attached to an aromatic ring is 1. The van der Waals surface area contributed by atoms with Crippen LogP contribution in [0, 0.1) is 0 Å². The average molecular weight is 489 g/mol. The first-order valence-electron chi connectivity index (χ1n) is 10.0. The largest absolute Gasteiger partial charge is 0.461 e. The van der Waals surface area contributed by atoms with Crippen LogP contribution >= 0.6 is 7.60 Å². The van der Waals surface area contributed by atoms with E-state index in [2.05, 4.69) is 15.0 Å². The van der Waals surface area contributed by atoms with Crippen LogP contribution in [-0.4, -0.2) is 76.6 Å². The topological polar surface area (TPSA) is 176 Å². The molecule has 0 aliphatic heterocycles. The summed E-state index contributed by atoms with van der Waals surface area (Å²) in [5.41, 5.74) is 6.46. The zero-order valence-electron chi connectivity index (χ0n) is 18.8. The monoisotopic (exact) mass is 489 g/mol. The molecule has 0 aliphatic rings. The van der Waals surface area contributed by atoms with Gasteiger partial charge in [0.25, 0.3) is 0 Å². The average Bonchev–Trinajstić information content (AvgIpc) is 3.14. The van der Waals surface area contributed by atoms with Crippen molar-refractivity contribution in [1.82, 2.24) is 19.7 Å². The van der Waals surface area contributed by atoms with E-state index in [9.17, 15) is 14.2 Å². The Morgan fingerprint density at radius 3 is 2.18 bits per heavy atom. The third-order valence-electron chi connectivity index (χ3n) is 3.53. The maximum absolute atomic E-state index is 12.9. The Balaban J connectivity index is 1.87. The van der Waals surface area contributed by atoms with Gasteiger partial charge in [-0.25, -0.2) is 24.5 Å². The minimum Gasteiger partial charge on any atom is -0.461 e. The van der Waals surface area contributed by atoms with Gasteiger partial charge in [0.15, 0.2) is 24.5 Å². The summed E-state index contributed by atoms with van der Waals surface area (Å²) in [6.07, 6.45) is 1.34. The summed E-state index contributed by atoms with van der Waals surface area (Å²) < 4.78 is 39.6. The molecule has 0 saturated heterocycles. The van der Waals surface area contributed by atoms with Gasteiger partial charge in [-0.05, 0) is 27.7 Å². The number of fused-ring (bicyclic) bond motifs is 1. The van der Waals surface area contributed by atoms with E-state index in [-0.39, 0.29) is 31.2 Å². The minimum absolute atomic E-state index is 0.0140. The molecule has 0 aliphatic carbocycles. The molecule has 0 aromatic carbocycles. The van der Waals surface area contributed by atoms with Crippen molar-refractivity contribution < 1.29 is 42.2 Å². The van der Waals surface area contributed by atoms with Gasteiger partial charge >= 0.3 is 19.5 Å². The standard InChI is InChI=1S/C18H28N5O9P/c1-12(2)31-14(24)7-29-33(26,30-8-15(25)32-13(3)4)11-27-5-6-28-23-10-22-16-17(19)20-9-21-18(16)23/h9-10,12-13H,5-8,11H2,1-4H3,(H2,19,20,21). The quantitative estimate of drug-likeness (QED) is 0.225. The molecule has 0 bridgehead atoms. The van der Waals surface area contributed by atoms with Crippen molar-refractivity contribution >= 4 is 36.5 Å². The molecule has 0 unspecified atom stereocenters. The van der Waals surface area contributed by atoms with Crippen molar-refractivity contribution in [1.29, 1.82) is 0 Å². The minimum atomic E-state index is -4.00. The molecule has 0 spiro atoms. The number of hydrogen-bond donors (Lipinski definition) is 1. The number of rotatable bonds is 14. The van der Waals surface area contributed by atoms with Gasteiger partial charge in [0, 0.05) is 0 Å². The summed E-state index contributed by atoms with van der Waals surface area (Å²) in [7, 11) is -4.00. The fourth-order valence-electron chi connectivity index (χ4n) is 2.31. The van der Waals surface area contributed by atoms with Gasteiger partial charge in [0.1, 0.15) is 25.6 Å². The number of anilines is 1. The molecule has 2 N–H and O–H groups in total. The van der Waals surface area contributed by atoms with Gasteiger partial charge in [0.2, 0.25) is 5.65 Å². The first-order valence-corrected chi connectivity index (χ1v) is 11.7. The van der Waals surface area contributed by atoms with Crippen molar-refractivity contribution in [3.05, 3.63) is 12.7 Å². The number of hydrogen-bond acceptors (Lipinski definition) is 13. The van der Waals surface area contributed by atoms with Crippen molar-refractivity contribution in [3.63, 3.8) is 0 Å². The Kier molecular flexibility index (Phi) is 9.97. The predicted molar refractivity (Wildman–Crippen MR) is 114 cm³/mol. The van der Waals surface area contributed by atoms with Gasteiger partial charge in [-0.3, -0.25) is 13.6 Å². The van der Waals surface area contributed by atoms with E-state index in [0.717, 1.165) is 0 Å². The zero-order valence-corrected chi connectivity index (χ0v) is 19.7. The molecule has 2 heterocycles. The van der Waals surface area contributed by atoms with E-state index in [1.807, 2.05) is 0 Å². The maximum Gasteiger partial charge on any atom is 0.357 e. The summed E-state index contributed by atoms with van der Waals surface area (Å²) in [6.45, 7) is 5.31. The fourth-order valence-corrected chi connectivity index (χ4v) is 3.49. The summed E-state index contributed by atoms with van der Waals surface area (Å²) >= 11 is 0. The fraction of sp³-hybridized carbons (Fsp3) is 0.611. The Morgan fingerprint density at radius 1 is 1.00 bits per heavy atom. The van der Waals surface area contributed by atoms with Crippen LogP contribution in [0.15, 0.2) is 12.7 Å². The molecular formula is C18H28N5O9P. The Morgan fingerprint density at radius 2 is 1.61 bits per heavy atom. The lowest BCUT2D eigenvalue weighted by Crippen LogP contribution is -2.21. The summed E-state index contributed by atoms with van der Waals surface area (Å²) in [4.78, 5) is 40.8. The highest BCUT2D eigenvalue weighted by molar-refractivity contribution is 7.53. The van der Waals surface area contributed by atoms with E-state index < -0.39 is 39.1 Å². The lowest BCUT2D eigenvalue weighted by atomic mass is 10.5. The van der Waals surface area contributed by atoms with Crippen molar-refractivity contribution in [2.75, 3.05) is 38.5 Å². The summed E-state index contributed by atoms with van der Waals surface area (Å²) in [6, 6.07) is 0. The smallest absolute Gasteiger partial charge is 0.357 e. The van der Waals surface area contributed by atoms with Crippen LogP contribution in [0.1, 0.15) is 27.7 Å². The second-order valence-corrected chi connectivity index (χ2v) is 9.10. The van der Waals surface area contributed by atoms with Gasteiger partial charge in [-0.2, -0.15) is 4.73 Å². The number of nitrogens with zero attached hydrogens (tertiary/aromatic N) is 4. The van der Waals surface area contributed by atoms with Crippen molar-refractivity contribution in [3.8, 4) is 0 Å². The van der Waals surface area contributed by atoms with Gasteiger partial charge < -0.3 is 24.8 Å². The van der Waals surface area contributed by atoms with E-state index in [1.165, 1.54) is 17.4 Å². The summed E-state index contributed by atoms with van der Waals surface area (Å²) in [5.74, 6) is -1.27. The second kappa shape index (κ2) is 12.4. The molecule has 0 atom stereocenters. The number of carbonyl (C=O) groups excluding carboxylic acids is 2. The molecule has 0 fully saturated rings. The Bertz CT molecular complexity index is 951. The SMILES string of the molecule is CC(C)OC(=O)COP(=O)(COCCOn1cnc2c(N)ncnc21)OCC(=O)OC(C)C. The molecule has 14 nitrogen and oxygen atoms in total. The first kappa shape index (κ1) is 26.5. The van der Waals surface area contributed by atoms with Gasteiger partial charge in [-0.1, -0.05) is 0 Å². The predicted octanol–water partition coefficient (Wildman–Crippen LogP) is 0.941. The number of carbonyl (C=O) groups is 2. The number of nitrogens with two attached hydrogens (primary N) is 1. The number of imidazole rings is 1. The van der Waals surface area contributed by atoms with Crippen LogP contribution in [-0.2, 0) is 37.4 Å². The van der Waals surface area contributed by atoms with Gasteiger partial charge in [0.05, 0.1) is 18.8 Å². The number of aromatic nitrogens is 4. The van der Waals surface area contributed by atoms with Crippen LogP contribution in [0.2, 0.25) is 0 Å². The molecule has 0 radical (unpaired) electrons. The van der Waals surface area contributed by atoms with Crippen LogP contribution in [0.25, 0.3) is 11.2 Å². The molecule has 15 heteroatoms. The zero-order chi connectivity index (χ0) is 24.4. The molecule has 2 aromatic rings. The second-order valence-electron chi connectivity index (χ2n) is 7.11. The van der Waals surface area contributed by atoms with E-state index in [0.29, 0.717) is 11.2 Å². The number of ether oxygens (including phenoxy) is 3. The van der Waals surface area contributed by atoms with Crippen LogP contribution in [0.5, 0.6) is 0 Å². The Labute approximate surface area is 190 Å². The van der Waals surface area contributed by atoms with Crippen LogP contribution < -0.4 is 10.6 Å². The highest BCUT2D eigenvalue weighted by Crippen LogP contribution is 2.48.